The molecule has 4 fully saturated rings. The van der Waals surface area contributed by atoms with Crippen molar-refractivity contribution in [3.05, 3.63) is 36.0 Å². The first kappa shape index (κ1) is 30.1. The van der Waals surface area contributed by atoms with Crippen LogP contribution in [0.5, 0.6) is 0 Å². The van der Waals surface area contributed by atoms with Gasteiger partial charge in [0.05, 0.1) is 12.0 Å². The molecule has 2 aliphatic heterocycles. The van der Waals surface area contributed by atoms with Gasteiger partial charge in [0.2, 0.25) is 17.6 Å². The van der Waals surface area contributed by atoms with Crippen LogP contribution >= 0.6 is 10.5 Å². The first-order valence-corrected chi connectivity index (χ1v) is 18.2. The van der Waals surface area contributed by atoms with Gasteiger partial charge in [0, 0.05) is 22.7 Å². The fourth-order valence-corrected chi connectivity index (χ4v) is 10.5. The summed E-state index contributed by atoms with van der Waals surface area (Å²) >= 11 is 0. The fourth-order valence-electron chi connectivity index (χ4n) is 8.21. The number of amides is 2. The summed E-state index contributed by atoms with van der Waals surface area (Å²) in [5, 5.41) is 17.7. The van der Waals surface area contributed by atoms with Crippen LogP contribution in [0.4, 0.5) is 0 Å². The number of hydrogen-bond acceptors (Lipinski definition) is 4. The van der Waals surface area contributed by atoms with Crippen LogP contribution < -0.4 is 10.6 Å². The van der Waals surface area contributed by atoms with Gasteiger partial charge in [-0.1, -0.05) is 69.6 Å². The number of Topliss-reactive ketones (excluding diaryl/α,β-unsaturated/α-hetero) is 1. The van der Waals surface area contributed by atoms with Crippen LogP contribution in [-0.4, -0.2) is 50.5 Å². The molecule has 2 saturated carbocycles. The molecule has 2 aromatic rings. The Hall–Kier alpha value is -2.92. The van der Waals surface area contributed by atoms with Gasteiger partial charge in [-0.3, -0.25) is 14.4 Å². The summed E-state index contributed by atoms with van der Waals surface area (Å²) < 4.78 is 0. The molecule has 1 aromatic heterocycles. The number of aromatic nitrogens is 1. The fraction of sp³-hybridized carbons (Fsp3) is 0.629. The SMILES string of the molecule is N#CC(C(=O)C(CC1CC2(CCCCC2)NC1=O)NC(=O)[C@H](CC1CCCCC1)c1cc2ccccc2[nH]1)=S1CCCC1. The van der Waals surface area contributed by atoms with E-state index in [1.807, 2.05) is 24.3 Å². The molecule has 4 aliphatic rings. The molecule has 1 spiro atoms. The summed E-state index contributed by atoms with van der Waals surface area (Å²) in [5.74, 6) is 0.961. The highest BCUT2D eigenvalue weighted by Gasteiger charge is 2.46. The van der Waals surface area contributed by atoms with E-state index in [-0.39, 0.29) is 46.0 Å². The number of carbonyl (C=O) groups is 3. The van der Waals surface area contributed by atoms with E-state index in [1.165, 1.54) is 25.7 Å². The van der Waals surface area contributed by atoms with Crippen LogP contribution in [0.15, 0.2) is 30.3 Å². The molecule has 2 unspecified atom stereocenters. The molecule has 0 radical (unpaired) electrons. The zero-order valence-electron chi connectivity index (χ0n) is 25.3. The molecule has 3 N–H and O–H groups in total. The molecule has 2 saturated heterocycles. The van der Waals surface area contributed by atoms with Gasteiger partial charge in [-0.15, -0.1) is 0 Å². The number of rotatable bonds is 9. The Morgan fingerprint density at radius 1 is 1.00 bits per heavy atom. The minimum absolute atomic E-state index is 0.00912. The molecule has 8 heteroatoms. The number of nitrogens with one attached hydrogen (secondary N) is 3. The predicted molar refractivity (Wildman–Crippen MR) is 173 cm³/mol. The van der Waals surface area contributed by atoms with E-state index in [4.69, 9.17) is 0 Å². The van der Waals surface area contributed by atoms with Gasteiger partial charge in [-0.2, -0.15) is 15.7 Å². The molecule has 230 valence electrons. The van der Waals surface area contributed by atoms with E-state index in [0.717, 1.165) is 85.9 Å². The molecule has 3 heterocycles. The lowest BCUT2D eigenvalue weighted by molar-refractivity contribution is -0.128. The van der Waals surface area contributed by atoms with Crippen molar-refractivity contribution in [3.8, 4) is 6.07 Å². The zero-order valence-corrected chi connectivity index (χ0v) is 26.1. The second-order valence-corrected chi connectivity index (χ2v) is 15.8. The molecule has 0 bridgehead atoms. The topological polar surface area (TPSA) is 115 Å². The molecule has 7 nitrogen and oxygen atoms in total. The van der Waals surface area contributed by atoms with Gasteiger partial charge < -0.3 is 15.6 Å². The molecular formula is C35H46N4O3S. The Labute approximate surface area is 257 Å². The first-order valence-electron chi connectivity index (χ1n) is 16.6. The Morgan fingerprint density at radius 3 is 2.44 bits per heavy atom. The number of benzene rings is 1. The van der Waals surface area contributed by atoms with Crippen molar-refractivity contribution in [3.63, 3.8) is 0 Å². The monoisotopic (exact) mass is 602 g/mol. The van der Waals surface area contributed by atoms with Gasteiger partial charge in [0.15, 0.2) is 0 Å². The number of aromatic amines is 1. The third kappa shape index (κ3) is 6.77. The van der Waals surface area contributed by atoms with Crippen molar-refractivity contribution < 1.29 is 14.4 Å². The standard InChI is InChI=1S/C35H46N4O3S/c36-23-31(43-17-9-10-18-43)32(40)30(21-26-22-35(39-33(26)41)15-7-2-8-16-35)38-34(42)27(19-24-11-3-1-4-12-24)29-20-25-13-5-6-14-28(25)37-29/h5-6,13-14,20,24,26-27,30,37H,1-4,7-12,15-19,21-22H2,(H,38,42)(H,39,41)/t26?,27-,30?/m1/s1. The summed E-state index contributed by atoms with van der Waals surface area (Å²) in [6, 6.07) is 11.5. The molecule has 2 amide bonds. The maximum absolute atomic E-state index is 14.3. The zero-order chi connectivity index (χ0) is 29.8. The maximum Gasteiger partial charge on any atom is 0.229 e. The average molecular weight is 603 g/mol. The Morgan fingerprint density at radius 2 is 1.72 bits per heavy atom. The smallest absolute Gasteiger partial charge is 0.229 e. The number of nitriles is 1. The van der Waals surface area contributed by atoms with Gasteiger partial charge in [0.25, 0.3) is 0 Å². The number of fused-ring (bicyclic) bond motifs is 1. The number of hydrogen-bond donors (Lipinski definition) is 3. The summed E-state index contributed by atoms with van der Waals surface area (Å²) in [5.41, 5.74) is 1.69. The van der Waals surface area contributed by atoms with E-state index < -0.39 is 12.0 Å². The third-order valence-corrected chi connectivity index (χ3v) is 13.0. The summed E-state index contributed by atoms with van der Waals surface area (Å²) in [4.78, 5) is 45.6. The second-order valence-electron chi connectivity index (χ2n) is 13.5. The minimum Gasteiger partial charge on any atom is -0.358 e. The Balaban J connectivity index is 1.29. The van der Waals surface area contributed by atoms with Gasteiger partial charge in [-0.25, -0.2) is 0 Å². The summed E-state index contributed by atoms with van der Waals surface area (Å²) in [6.45, 7) is 0. The van der Waals surface area contributed by atoms with Crippen LogP contribution in [0.25, 0.3) is 10.9 Å². The largest absolute Gasteiger partial charge is 0.358 e. The summed E-state index contributed by atoms with van der Waals surface area (Å²) in [6.07, 6.45) is 14.9. The molecule has 1 aromatic carbocycles. The maximum atomic E-state index is 14.3. The van der Waals surface area contributed by atoms with E-state index in [1.54, 1.807) is 0 Å². The number of H-pyrrole nitrogens is 1. The molecule has 43 heavy (non-hydrogen) atoms. The number of ketones is 1. The van der Waals surface area contributed by atoms with Crippen LogP contribution in [0.1, 0.15) is 108 Å². The lowest BCUT2D eigenvalue weighted by Gasteiger charge is -2.33. The van der Waals surface area contributed by atoms with Gasteiger partial charge in [-0.05, 0) is 79.9 Å². The highest BCUT2D eigenvalue weighted by atomic mass is 32.2. The average Bonchev–Trinajstić information content (AvgIpc) is 3.76. The van der Waals surface area contributed by atoms with Gasteiger partial charge in [0.1, 0.15) is 10.9 Å². The summed E-state index contributed by atoms with van der Waals surface area (Å²) in [7, 11) is -0.368. The van der Waals surface area contributed by atoms with Crippen molar-refractivity contribution in [2.45, 2.75) is 114 Å². The molecule has 6 rings (SSSR count). The normalized spacial score (nSPS) is 24.0. The molecular weight excluding hydrogens is 556 g/mol. The van der Waals surface area contributed by atoms with E-state index >= 15 is 0 Å². The van der Waals surface area contributed by atoms with Crippen LogP contribution in [0.3, 0.4) is 0 Å². The van der Waals surface area contributed by atoms with E-state index in [0.29, 0.717) is 17.2 Å². The van der Waals surface area contributed by atoms with Crippen LogP contribution in [0, 0.1) is 23.2 Å². The lowest BCUT2D eigenvalue weighted by Crippen LogP contribution is -2.47. The Bertz CT molecular complexity index is 1380. The second kappa shape index (κ2) is 13.4. The van der Waals surface area contributed by atoms with Crippen LogP contribution in [-0.2, 0) is 14.4 Å². The number of carbonyl (C=O) groups excluding carboxylic acids is 3. The van der Waals surface area contributed by atoms with Crippen molar-refractivity contribution in [2.24, 2.45) is 11.8 Å². The first-order chi connectivity index (χ1) is 20.9. The highest BCUT2D eigenvalue weighted by molar-refractivity contribution is 8.17. The lowest BCUT2D eigenvalue weighted by atomic mass is 9.78. The molecule has 2 aliphatic carbocycles. The van der Waals surface area contributed by atoms with Crippen molar-refractivity contribution in [1.82, 2.24) is 15.6 Å². The van der Waals surface area contributed by atoms with E-state index in [2.05, 4.69) is 27.8 Å². The van der Waals surface area contributed by atoms with Gasteiger partial charge >= 0.3 is 0 Å². The third-order valence-electron chi connectivity index (χ3n) is 10.5. The van der Waals surface area contributed by atoms with Crippen molar-refractivity contribution in [2.75, 3.05) is 11.5 Å². The number of para-hydroxylation sites is 1. The van der Waals surface area contributed by atoms with Crippen LogP contribution in [0.2, 0.25) is 0 Å². The number of nitrogens with zero attached hydrogens (tertiary/aromatic N) is 1. The van der Waals surface area contributed by atoms with Crippen molar-refractivity contribution in [1.29, 1.82) is 5.26 Å². The quantitative estimate of drug-likeness (QED) is 0.294. The Kier molecular flexibility index (Phi) is 9.37. The minimum atomic E-state index is -0.872. The predicted octanol–water partition coefficient (Wildman–Crippen LogP) is 6.26. The highest BCUT2D eigenvalue weighted by Crippen LogP contribution is 2.40. The van der Waals surface area contributed by atoms with Crippen molar-refractivity contribution >= 4 is 43.8 Å². The van der Waals surface area contributed by atoms with E-state index in [9.17, 15) is 19.6 Å². The molecule has 3 atom stereocenters.